The van der Waals surface area contributed by atoms with Gasteiger partial charge in [-0.2, -0.15) is 0 Å². The van der Waals surface area contributed by atoms with E-state index in [0.717, 1.165) is 27.5 Å². The lowest BCUT2D eigenvalue weighted by Crippen LogP contribution is -2.34. The summed E-state index contributed by atoms with van der Waals surface area (Å²) in [6.45, 7) is 4.18. The van der Waals surface area contributed by atoms with Crippen molar-refractivity contribution >= 4 is 40.9 Å². The van der Waals surface area contributed by atoms with Gasteiger partial charge < -0.3 is 10.1 Å². The number of hydrogen-bond acceptors (Lipinski definition) is 6. The monoisotopic (exact) mass is 486 g/mol. The maximum absolute atomic E-state index is 13.7. The first-order valence-electron chi connectivity index (χ1n) is 11.5. The first-order chi connectivity index (χ1) is 17.0. The number of anilines is 2. The number of nitrogens with zero attached hydrogens (tertiary/aromatic N) is 1. The summed E-state index contributed by atoms with van der Waals surface area (Å²) in [5, 5.41) is 3.22. The van der Waals surface area contributed by atoms with E-state index in [0.29, 0.717) is 6.42 Å². The number of esters is 1. The quantitative estimate of drug-likeness (QED) is 0.304. The molecule has 2 amide bonds. The zero-order valence-corrected chi connectivity index (χ0v) is 20.4. The molecule has 35 heavy (non-hydrogen) atoms. The van der Waals surface area contributed by atoms with Crippen LogP contribution in [-0.4, -0.2) is 24.4 Å². The number of imide groups is 1. The van der Waals surface area contributed by atoms with Gasteiger partial charge in [0, 0.05) is 10.6 Å². The summed E-state index contributed by atoms with van der Waals surface area (Å²) in [6, 6.07) is 23.6. The summed E-state index contributed by atoms with van der Waals surface area (Å²) in [5.74, 6) is -1.58. The smallest absolute Gasteiger partial charge is 0.340 e. The summed E-state index contributed by atoms with van der Waals surface area (Å²) >= 11 is 1.22. The van der Waals surface area contributed by atoms with Crippen molar-refractivity contribution in [3.8, 4) is 0 Å². The van der Waals surface area contributed by atoms with Crippen molar-refractivity contribution in [3.63, 3.8) is 0 Å². The SMILES string of the molecule is CCCOC(=O)c1ccccc1N1C(=O)C(Nc2ccccc2CC)=C(Sc2ccccc2)C1=O. The first kappa shape index (κ1) is 24.3. The Balaban J connectivity index is 1.77. The first-order valence-corrected chi connectivity index (χ1v) is 12.3. The van der Waals surface area contributed by atoms with Crippen LogP contribution in [0.25, 0.3) is 0 Å². The highest BCUT2D eigenvalue weighted by molar-refractivity contribution is 8.04. The largest absolute Gasteiger partial charge is 0.462 e. The van der Waals surface area contributed by atoms with Gasteiger partial charge in [0.15, 0.2) is 0 Å². The number of carbonyl (C=O) groups excluding carboxylic acids is 3. The van der Waals surface area contributed by atoms with Crippen molar-refractivity contribution in [3.05, 3.63) is 101 Å². The third-order valence-electron chi connectivity index (χ3n) is 5.46. The second kappa shape index (κ2) is 11.1. The van der Waals surface area contributed by atoms with Gasteiger partial charge in [0.1, 0.15) is 10.6 Å². The van der Waals surface area contributed by atoms with Gasteiger partial charge in [-0.3, -0.25) is 9.59 Å². The van der Waals surface area contributed by atoms with Gasteiger partial charge in [0.2, 0.25) is 0 Å². The zero-order chi connectivity index (χ0) is 24.8. The van der Waals surface area contributed by atoms with E-state index in [1.165, 1.54) is 11.8 Å². The Hall–Kier alpha value is -3.84. The number of benzene rings is 3. The van der Waals surface area contributed by atoms with E-state index < -0.39 is 17.8 Å². The Kier molecular flexibility index (Phi) is 7.67. The van der Waals surface area contributed by atoms with Crippen LogP contribution in [0, 0.1) is 0 Å². The molecule has 0 saturated heterocycles. The minimum absolute atomic E-state index is 0.168. The Bertz CT molecular complexity index is 1290. The molecule has 0 bridgehead atoms. The van der Waals surface area contributed by atoms with Crippen LogP contribution in [0.5, 0.6) is 0 Å². The normalized spacial score (nSPS) is 13.4. The molecule has 6 nitrogen and oxygen atoms in total. The van der Waals surface area contributed by atoms with E-state index in [4.69, 9.17) is 4.74 Å². The average molecular weight is 487 g/mol. The van der Waals surface area contributed by atoms with Gasteiger partial charge in [-0.1, -0.05) is 74.1 Å². The maximum Gasteiger partial charge on any atom is 0.340 e. The molecule has 178 valence electrons. The van der Waals surface area contributed by atoms with Crippen molar-refractivity contribution in [1.29, 1.82) is 0 Å². The van der Waals surface area contributed by atoms with Crippen LogP contribution in [0.4, 0.5) is 11.4 Å². The number of aryl methyl sites for hydroxylation is 1. The second-order valence-electron chi connectivity index (χ2n) is 7.85. The molecule has 0 atom stereocenters. The summed E-state index contributed by atoms with van der Waals surface area (Å²) in [7, 11) is 0. The predicted molar refractivity (Wildman–Crippen MR) is 138 cm³/mol. The highest BCUT2D eigenvalue weighted by atomic mass is 32.2. The van der Waals surface area contributed by atoms with Crippen LogP contribution >= 0.6 is 11.8 Å². The van der Waals surface area contributed by atoms with Crippen LogP contribution in [0.2, 0.25) is 0 Å². The number of carbonyl (C=O) groups is 3. The topological polar surface area (TPSA) is 75.7 Å². The predicted octanol–water partition coefficient (Wildman–Crippen LogP) is 5.81. The number of rotatable bonds is 9. The maximum atomic E-state index is 13.7. The fourth-order valence-corrected chi connectivity index (χ4v) is 4.69. The fraction of sp³-hybridized carbons (Fsp3) is 0.179. The molecule has 0 aliphatic carbocycles. The molecule has 3 aromatic rings. The van der Waals surface area contributed by atoms with Crippen molar-refractivity contribution < 1.29 is 19.1 Å². The Morgan fingerprint density at radius 3 is 2.31 bits per heavy atom. The number of nitrogens with one attached hydrogen (secondary N) is 1. The molecule has 0 fully saturated rings. The van der Waals surface area contributed by atoms with Gasteiger partial charge in [0.05, 0.1) is 17.9 Å². The van der Waals surface area contributed by atoms with Crippen molar-refractivity contribution in [2.45, 2.75) is 31.6 Å². The molecule has 0 unspecified atom stereocenters. The number of ether oxygens (including phenoxy) is 1. The molecule has 1 aliphatic rings. The van der Waals surface area contributed by atoms with Crippen LogP contribution < -0.4 is 10.2 Å². The Morgan fingerprint density at radius 2 is 1.57 bits per heavy atom. The van der Waals surface area contributed by atoms with E-state index in [1.807, 2.05) is 68.4 Å². The standard InChI is InChI=1S/C28H26N2O4S/c1-3-18-34-28(33)21-15-9-11-17-23(21)30-26(31)24(29-22-16-10-8-12-19(22)4-2)25(27(30)32)35-20-13-6-5-7-14-20/h5-17,29H,3-4,18H2,1-2H3. The Labute approximate surface area is 209 Å². The molecular formula is C28H26N2O4S. The van der Waals surface area contributed by atoms with Crippen LogP contribution in [0.1, 0.15) is 36.2 Å². The molecule has 0 spiro atoms. The van der Waals surface area contributed by atoms with E-state index in [9.17, 15) is 14.4 Å². The van der Waals surface area contributed by atoms with Gasteiger partial charge >= 0.3 is 5.97 Å². The van der Waals surface area contributed by atoms with Crippen molar-refractivity contribution in [2.24, 2.45) is 0 Å². The molecule has 1 heterocycles. The summed E-state index contributed by atoms with van der Waals surface area (Å²) in [4.78, 5) is 42.3. The van der Waals surface area contributed by atoms with E-state index >= 15 is 0 Å². The number of thioether (sulfide) groups is 1. The Morgan fingerprint density at radius 1 is 0.886 bits per heavy atom. The number of hydrogen-bond donors (Lipinski definition) is 1. The lowest BCUT2D eigenvalue weighted by molar-refractivity contribution is -0.120. The van der Waals surface area contributed by atoms with E-state index in [-0.39, 0.29) is 28.5 Å². The lowest BCUT2D eigenvalue weighted by atomic mass is 10.1. The van der Waals surface area contributed by atoms with Gasteiger partial charge in [-0.05, 0) is 48.7 Å². The minimum Gasteiger partial charge on any atom is -0.462 e. The molecule has 4 rings (SSSR count). The van der Waals surface area contributed by atoms with E-state index in [2.05, 4.69) is 5.32 Å². The van der Waals surface area contributed by atoms with Crippen LogP contribution in [-0.2, 0) is 20.7 Å². The average Bonchev–Trinajstić information content (AvgIpc) is 3.12. The number of amides is 2. The fourth-order valence-electron chi connectivity index (χ4n) is 3.74. The molecule has 0 radical (unpaired) electrons. The highest BCUT2D eigenvalue weighted by Gasteiger charge is 2.41. The third-order valence-corrected chi connectivity index (χ3v) is 6.56. The summed E-state index contributed by atoms with van der Waals surface area (Å²) < 4.78 is 5.30. The molecule has 0 aromatic heterocycles. The zero-order valence-electron chi connectivity index (χ0n) is 19.6. The molecule has 0 saturated carbocycles. The van der Waals surface area contributed by atoms with Crippen molar-refractivity contribution in [2.75, 3.05) is 16.8 Å². The van der Waals surface area contributed by atoms with Crippen molar-refractivity contribution in [1.82, 2.24) is 0 Å². The molecule has 3 aromatic carbocycles. The minimum atomic E-state index is -0.571. The van der Waals surface area contributed by atoms with Crippen LogP contribution in [0.3, 0.4) is 0 Å². The highest BCUT2D eigenvalue weighted by Crippen LogP contribution is 2.39. The third kappa shape index (κ3) is 5.15. The second-order valence-corrected chi connectivity index (χ2v) is 8.94. The molecule has 1 aliphatic heterocycles. The molecule has 7 heteroatoms. The number of para-hydroxylation sites is 2. The summed E-state index contributed by atoms with van der Waals surface area (Å²) in [5.41, 5.74) is 2.33. The van der Waals surface area contributed by atoms with E-state index in [1.54, 1.807) is 24.3 Å². The van der Waals surface area contributed by atoms with Crippen LogP contribution in [0.15, 0.2) is 94.4 Å². The lowest BCUT2D eigenvalue weighted by Gasteiger charge is -2.18. The molecule has 1 N–H and O–H groups in total. The van der Waals surface area contributed by atoms with Gasteiger partial charge in [-0.15, -0.1) is 0 Å². The molecular weight excluding hydrogens is 460 g/mol. The van der Waals surface area contributed by atoms with Gasteiger partial charge in [-0.25, -0.2) is 9.69 Å². The summed E-state index contributed by atoms with van der Waals surface area (Å²) in [6.07, 6.45) is 1.43. The van der Waals surface area contributed by atoms with Gasteiger partial charge in [0.25, 0.3) is 11.8 Å².